The van der Waals surface area contributed by atoms with Crippen LogP contribution in [0.4, 0.5) is 0 Å². The summed E-state index contributed by atoms with van der Waals surface area (Å²) in [5.41, 5.74) is 0. The van der Waals surface area contributed by atoms with Gasteiger partial charge < -0.3 is 19.5 Å². The minimum atomic E-state index is -0.511. The summed E-state index contributed by atoms with van der Waals surface area (Å²) in [6, 6.07) is 7.47. The molecule has 19 heavy (non-hydrogen) atoms. The van der Waals surface area contributed by atoms with Crippen LogP contribution in [-0.2, 0) is 4.79 Å². The topological polar surface area (TPSA) is 59.0 Å². The van der Waals surface area contributed by atoms with Crippen LogP contribution in [0.3, 0.4) is 0 Å². The fraction of sp³-hybridized carbons (Fsp3) is 0.500. The SMILES string of the molecule is COc1ccccc1OCCCN1CC(O)CC1=O. The second-order valence-electron chi connectivity index (χ2n) is 4.55. The van der Waals surface area contributed by atoms with Crippen LogP contribution in [0.2, 0.25) is 0 Å². The van der Waals surface area contributed by atoms with E-state index in [1.807, 2.05) is 24.3 Å². The maximum Gasteiger partial charge on any atom is 0.225 e. The Hall–Kier alpha value is -1.75. The molecule has 1 unspecified atom stereocenters. The van der Waals surface area contributed by atoms with Crippen molar-refractivity contribution in [3.63, 3.8) is 0 Å². The zero-order valence-corrected chi connectivity index (χ0v) is 11.0. The van der Waals surface area contributed by atoms with Gasteiger partial charge >= 0.3 is 0 Å². The second-order valence-corrected chi connectivity index (χ2v) is 4.55. The average Bonchev–Trinajstić information content (AvgIpc) is 2.73. The van der Waals surface area contributed by atoms with E-state index in [2.05, 4.69) is 0 Å². The first-order chi connectivity index (χ1) is 9.20. The number of β-amino-alcohol motifs (C(OH)–C–C–N with tert-alkyl or cyclic N) is 1. The Kier molecular flexibility index (Phi) is 4.63. The van der Waals surface area contributed by atoms with Gasteiger partial charge in [-0.1, -0.05) is 12.1 Å². The Balaban J connectivity index is 1.73. The van der Waals surface area contributed by atoms with E-state index in [4.69, 9.17) is 9.47 Å². The van der Waals surface area contributed by atoms with E-state index >= 15 is 0 Å². The van der Waals surface area contributed by atoms with Crippen LogP contribution in [-0.4, -0.2) is 48.8 Å². The largest absolute Gasteiger partial charge is 0.493 e. The minimum absolute atomic E-state index is 0.0183. The van der Waals surface area contributed by atoms with Gasteiger partial charge in [0.2, 0.25) is 5.91 Å². The summed E-state index contributed by atoms with van der Waals surface area (Å²) < 4.78 is 10.8. The number of ether oxygens (including phenoxy) is 2. The number of likely N-dealkylation sites (tertiary alicyclic amines) is 1. The summed E-state index contributed by atoms with van der Waals surface area (Å²) in [6.45, 7) is 1.57. The van der Waals surface area contributed by atoms with Crippen molar-refractivity contribution in [3.8, 4) is 11.5 Å². The number of nitrogens with zero attached hydrogens (tertiary/aromatic N) is 1. The lowest BCUT2D eigenvalue weighted by Crippen LogP contribution is -2.28. The molecule has 5 nitrogen and oxygen atoms in total. The Morgan fingerprint density at radius 1 is 1.37 bits per heavy atom. The average molecular weight is 265 g/mol. The van der Waals surface area contributed by atoms with Gasteiger partial charge in [-0.25, -0.2) is 0 Å². The van der Waals surface area contributed by atoms with Gasteiger partial charge in [-0.15, -0.1) is 0 Å². The molecule has 1 heterocycles. The van der Waals surface area contributed by atoms with E-state index in [1.165, 1.54) is 0 Å². The summed E-state index contributed by atoms with van der Waals surface area (Å²) in [5.74, 6) is 1.43. The van der Waals surface area contributed by atoms with Crippen LogP contribution in [0.1, 0.15) is 12.8 Å². The van der Waals surface area contributed by atoms with Gasteiger partial charge in [-0.2, -0.15) is 0 Å². The summed E-state index contributed by atoms with van der Waals surface area (Å²) in [4.78, 5) is 13.1. The number of aliphatic hydroxyl groups excluding tert-OH is 1. The van der Waals surface area contributed by atoms with Crippen molar-refractivity contribution in [2.45, 2.75) is 18.9 Å². The molecule has 1 N–H and O–H groups in total. The third-order valence-electron chi connectivity index (χ3n) is 3.09. The molecule has 2 rings (SSSR count). The number of para-hydroxylation sites is 2. The number of benzene rings is 1. The first-order valence-electron chi connectivity index (χ1n) is 6.42. The fourth-order valence-corrected chi connectivity index (χ4v) is 2.14. The standard InChI is InChI=1S/C14H19NO4/c1-18-12-5-2-3-6-13(12)19-8-4-7-15-10-11(16)9-14(15)17/h2-3,5-6,11,16H,4,7-10H2,1H3. The van der Waals surface area contributed by atoms with E-state index in [-0.39, 0.29) is 12.3 Å². The predicted octanol–water partition coefficient (Wildman–Crippen LogP) is 1.06. The molecule has 0 aromatic heterocycles. The molecule has 0 spiro atoms. The summed E-state index contributed by atoms with van der Waals surface area (Å²) in [7, 11) is 1.60. The molecule has 0 aliphatic carbocycles. The lowest BCUT2D eigenvalue weighted by atomic mass is 10.3. The van der Waals surface area contributed by atoms with Crippen molar-refractivity contribution in [1.82, 2.24) is 4.90 Å². The highest BCUT2D eigenvalue weighted by Gasteiger charge is 2.27. The van der Waals surface area contributed by atoms with Gasteiger partial charge in [0.05, 0.1) is 26.2 Å². The number of rotatable bonds is 6. The molecule has 0 radical (unpaired) electrons. The minimum Gasteiger partial charge on any atom is -0.493 e. The van der Waals surface area contributed by atoms with Gasteiger partial charge in [0, 0.05) is 13.1 Å². The molecule has 1 aliphatic rings. The van der Waals surface area contributed by atoms with E-state index in [9.17, 15) is 9.90 Å². The molecular formula is C14H19NO4. The molecule has 1 fully saturated rings. The van der Waals surface area contributed by atoms with Gasteiger partial charge in [-0.05, 0) is 18.6 Å². The molecule has 1 aromatic carbocycles. The molecule has 1 amide bonds. The Morgan fingerprint density at radius 3 is 2.74 bits per heavy atom. The molecular weight excluding hydrogens is 246 g/mol. The van der Waals surface area contributed by atoms with Crippen LogP contribution in [0.25, 0.3) is 0 Å². The van der Waals surface area contributed by atoms with Crippen molar-refractivity contribution in [3.05, 3.63) is 24.3 Å². The zero-order chi connectivity index (χ0) is 13.7. The van der Waals surface area contributed by atoms with Crippen LogP contribution in [0, 0.1) is 0 Å². The summed E-state index contributed by atoms with van der Waals surface area (Å²) >= 11 is 0. The molecule has 1 saturated heterocycles. The molecule has 0 saturated carbocycles. The fourth-order valence-electron chi connectivity index (χ4n) is 2.14. The predicted molar refractivity (Wildman–Crippen MR) is 70.3 cm³/mol. The molecule has 5 heteroatoms. The number of hydrogen-bond donors (Lipinski definition) is 1. The zero-order valence-electron chi connectivity index (χ0n) is 11.0. The van der Waals surface area contributed by atoms with Crippen molar-refractivity contribution in [1.29, 1.82) is 0 Å². The Bertz CT molecular complexity index is 435. The lowest BCUT2D eigenvalue weighted by molar-refractivity contribution is -0.127. The molecule has 1 atom stereocenters. The smallest absolute Gasteiger partial charge is 0.225 e. The second kappa shape index (κ2) is 6.43. The highest BCUT2D eigenvalue weighted by Crippen LogP contribution is 2.25. The van der Waals surface area contributed by atoms with E-state index in [0.29, 0.717) is 31.2 Å². The van der Waals surface area contributed by atoms with Crippen molar-refractivity contribution in [2.75, 3.05) is 26.8 Å². The van der Waals surface area contributed by atoms with Gasteiger partial charge in [-0.3, -0.25) is 4.79 Å². The lowest BCUT2D eigenvalue weighted by Gasteiger charge is -2.16. The number of carbonyl (C=O) groups is 1. The molecule has 104 valence electrons. The van der Waals surface area contributed by atoms with Crippen LogP contribution in [0.5, 0.6) is 11.5 Å². The highest BCUT2D eigenvalue weighted by atomic mass is 16.5. The number of hydrogen-bond acceptors (Lipinski definition) is 4. The summed E-state index contributed by atoms with van der Waals surface area (Å²) in [6.07, 6.45) is 0.465. The number of amides is 1. The van der Waals surface area contributed by atoms with Crippen LogP contribution < -0.4 is 9.47 Å². The first-order valence-corrected chi connectivity index (χ1v) is 6.42. The number of aliphatic hydroxyl groups is 1. The molecule has 1 aliphatic heterocycles. The van der Waals surface area contributed by atoms with Crippen LogP contribution >= 0.6 is 0 Å². The monoisotopic (exact) mass is 265 g/mol. The van der Waals surface area contributed by atoms with Crippen LogP contribution in [0.15, 0.2) is 24.3 Å². The molecule has 1 aromatic rings. The van der Waals surface area contributed by atoms with Gasteiger partial charge in [0.25, 0.3) is 0 Å². The Labute approximate surface area is 112 Å². The molecule has 0 bridgehead atoms. The Morgan fingerprint density at radius 2 is 2.11 bits per heavy atom. The van der Waals surface area contributed by atoms with Crippen molar-refractivity contribution in [2.24, 2.45) is 0 Å². The summed E-state index contributed by atoms with van der Waals surface area (Å²) in [5, 5.41) is 9.36. The number of methoxy groups -OCH3 is 1. The number of carbonyl (C=O) groups excluding carboxylic acids is 1. The van der Waals surface area contributed by atoms with Crippen molar-refractivity contribution >= 4 is 5.91 Å². The van der Waals surface area contributed by atoms with E-state index in [0.717, 1.165) is 6.42 Å². The maximum absolute atomic E-state index is 11.5. The van der Waals surface area contributed by atoms with Crippen molar-refractivity contribution < 1.29 is 19.4 Å². The normalized spacial score (nSPS) is 18.7. The third-order valence-corrected chi connectivity index (χ3v) is 3.09. The third kappa shape index (κ3) is 3.61. The van der Waals surface area contributed by atoms with E-state index < -0.39 is 6.10 Å². The first kappa shape index (κ1) is 13.7. The maximum atomic E-state index is 11.5. The van der Waals surface area contributed by atoms with Gasteiger partial charge in [0.15, 0.2) is 11.5 Å². The highest BCUT2D eigenvalue weighted by molar-refractivity contribution is 5.78. The quantitative estimate of drug-likeness (QED) is 0.781. The van der Waals surface area contributed by atoms with E-state index in [1.54, 1.807) is 12.0 Å². The van der Waals surface area contributed by atoms with Gasteiger partial charge in [0.1, 0.15) is 0 Å².